The van der Waals surface area contributed by atoms with E-state index in [1.807, 2.05) is 77.9 Å². The zero-order valence-corrected chi connectivity index (χ0v) is 19.1. The van der Waals surface area contributed by atoms with Crippen molar-refractivity contribution < 1.29 is 19.1 Å². The monoisotopic (exact) mass is 417 g/mol. The Morgan fingerprint density at radius 3 is 2.00 bits per heavy atom. The molecule has 1 aliphatic rings. The normalized spacial score (nSPS) is 14.8. The van der Waals surface area contributed by atoms with Crippen molar-refractivity contribution in [1.82, 2.24) is 5.32 Å². The molecule has 1 unspecified atom stereocenters. The second-order valence-electron chi connectivity index (χ2n) is 5.92. The largest absolute Gasteiger partial charge is 0.496 e. The van der Waals surface area contributed by atoms with Crippen molar-refractivity contribution in [2.24, 2.45) is 0 Å². The van der Waals surface area contributed by atoms with Gasteiger partial charge in [0.2, 0.25) is 5.91 Å². The number of ether oxygens (including phenoxy) is 2. The van der Waals surface area contributed by atoms with Crippen molar-refractivity contribution in [3.05, 3.63) is 53.1 Å². The quantitative estimate of drug-likeness (QED) is 0.641. The van der Waals surface area contributed by atoms with E-state index in [2.05, 4.69) is 5.32 Å². The number of carbonyl (C=O) groups excluding carboxylic acids is 2. The van der Waals surface area contributed by atoms with Gasteiger partial charge >= 0.3 is 0 Å². The number of rotatable bonds is 5. The van der Waals surface area contributed by atoms with Crippen molar-refractivity contribution in [2.45, 2.75) is 53.2 Å². The highest BCUT2D eigenvalue weighted by atomic mass is 32.2. The molecule has 0 spiro atoms. The Hall–Kier alpha value is -2.47. The first-order valence-electron chi connectivity index (χ1n) is 9.90. The van der Waals surface area contributed by atoms with Crippen LogP contribution in [0.2, 0.25) is 0 Å². The number of nitrogens with one attached hydrogen (secondary N) is 1. The van der Waals surface area contributed by atoms with Gasteiger partial charge in [0.1, 0.15) is 17.2 Å². The molecule has 0 bridgehead atoms. The smallest absolute Gasteiger partial charge is 0.286 e. The number of benzene rings is 2. The molecule has 3 rings (SSSR count). The SMILES string of the molecule is CC.CC.COc1cc(C)c(Oc2ccc(CC3SC(=O)NC3=O)cc2)cc1C. The van der Waals surface area contributed by atoms with Gasteiger partial charge < -0.3 is 9.47 Å². The lowest BCUT2D eigenvalue weighted by Gasteiger charge is -2.13. The van der Waals surface area contributed by atoms with Crippen LogP contribution in [0.15, 0.2) is 36.4 Å². The van der Waals surface area contributed by atoms with E-state index in [0.29, 0.717) is 6.42 Å². The lowest BCUT2D eigenvalue weighted by Crippen LogP contribution is -2.25. The third-order valence-corrected chi connectivity index (χ3v) is 5.01. The molecule has 2 aromatic carbocycles. The number of imide groups is 1. The van der Waals surface area contributed by atoms with Crippen molar-refractivity contribution in [1.29, 1.82) is 0 Å². The molecule has 6 heteroatoms. The molecule has 1 heterocycles. The molecule has 1 atom stereocenters. The van der Waals surface area contributed by atoms with Gasteiger partial charge in [-0.25, -0.2) is 0 Å². The minimum Gasteiger partial charge on any atom is -0.496 e. The highest BCUT2D eigenvalue weighted by Crippen LogP contribution is 2.31. The minimum absolute atomic E-state index is 0.223. The van der Waals surface area contributed by atoms with Crippen molar-refractivity contribution in [3.8, 4) is 17.2 Å². The zero-order valence-electron chi connectivity index (χ0n) is 18.3. The molecular weight excluding hydrogens is 386 g/mol. The van der Waals surface area contributed by atoms with Crippen LogP contribution in [0, 0.1) is 13.8 Å². The predicted molar refractivity (Wildman–Crippen MR) is 120 cm³/mol. The van der Waals surface area contributed by atoms with Gasteiger partial charge in [0, 0.05) is 0 Å². The molecule has 0 saturated carbocycles. The summed E-state index contributed by atoms with van der Waals surface area (Å²) in [6.45, 7) is 11.9. The van der Waals surface area contributed by atoms with Gasteiger partial charge in [-0.3, -0.25) is 14.9 Å². The summed E-state index contributed by atoms with van der Waals surface area (Å²) >= 11 is 1.04. The lowest BCUT2D eigenvalue weighted by atomic mass is 10.1. The second-order valence-corrected chi connectivity index (χ2v) is 7.10. The van der Waals surface area contributed by atoms with Gasteiger partial charge in [-0.15, -0.1) is 0 Å². The number of thioether (sulfide) groups is 1. The number of hydrogen-bond acceptors (Lipinski definition) is 5. The molecule has 2 amide bonds. The highest BCUT2D eigenvalue weighted by molar-refractivity contribution is 8.15. The predicted octanol–water partition coefficient (Wildman–Crippen LogP) is 6.05. The van der Waals surface area contributed by atoms with Gasteiger partial charge in [0.15, 0.2) is 0 Å². The summed E-state index contributed by atoms with van der Waals surface area (Å²) in [5.41, 5.74) is 2.98. The standard InChI is InChI=1S/C19H19NO4S.2C2H6/c1-11-9-16(12(2)8-15(11)23-3)24-14-6-4-13(5-7-14)10-17-18(21)20-19(22)25-17;2*1-2/h4-9,17H,10H2,1-3H3,(H,20,21,22);2*1-2H3. The van der Waals surface area contributed by atoms with Crippen molar-refractivity contribution in [3.63, 3.8) is 0 Å². The van der Waals surface area contributed by atoms with Gasteiger partial charge in [0.05, 0.1) is 12.4 Å². The number of aryl methyl sites for hydroxylation is 2. The van der Waals surface area contributed by atoms with Crippen LogP contribution >= 0.6 is 11.8 Å². The number of carbonyl (C=O) groups is 2. The molecular formula is C23H31NO4S. The summed E-state index contributed by atoms with van der Waals surface area (Å²) in [5, 5.41) is 1.67. The topological polar surface area (TPSA) is 64.6 Å². The number of hydrogen-bond donors (Lipinski definition) is 1. The fraction of sp³-hybridized carbons (Fsp3) is 0.391. The molecule has 158 valence electrons. The summed E-state index contributed by atoms with van der Waals surface area (Å²) < 4.78 is 11.3. The highest BCUT2D eigenvalue weighted by Gasteiger charge is 2.31. The number of methoxy groups -OCH3 is 1. The molecule has 0 aliphatic carbocycles. The Labute approximate surface area is 178 Å². The summed E-state index contributed by atoms with van der Waals surface area (Å²) in [7, 11) is 1.65. The Kier molecular flexibility index (Phi) is 10.3. The van der Waals surface area contributed by atoms with Crippen LogP contribution in [-0.4, -0.2) is 23.5 Å². The van der Waals surface area contributed by atoms with Crippen LogP contribution in [0.3, 0.4) is 0 Å². The van der Waals surface area contributed by atoms with Crippen LogP contribution < -0.4 is 14.8 Å². The first kappa shape index (κ1) is 24.6. The van der Waals surface area contributed by atoms with E-state index in [1.54, 1.807) is 7.11 Å². The third-order valence-electron chi connectivity index (χ3n) is 4.03. The van der Waals surface area contributed by atoms with Gasteiger partial charge in [0.25, 0.3) is 5.24 Å². The molecule has 0 radical (unpaired) electrons. The van der Waals surface area contributed by atoms with Gasteiger partial charge in [-0.1, -0.05) is 51.6 Å². The summed E-state index contributed by atoms with van der Waals surface area (Å²) in [6.07, 6.45) is 0.517. The summed E-state index contributed by atoms with van der Waals surface area (Å²) in [6, 6.07) is 11.5. The maximum absolute atomic E-state index is 11.6. The van der Waals surface area contributed by atoms with E-state index in [1.165, 1.54) is 0 Å². The average Bonchev–Trinajstić information content (AvgIpc) is 3.05. The van der Waals surface area contributed by atoms with Crippen LogP contribution in [-0.2, 0) is 11.2 Å². The average molecular weight is 418 g/mol. The maximum atomic E-state index is 11.6. The summed E-state index contributed by atoms with van der Waals surface area (Å²) in [5.74, 6) is 2.11. The molecule has 1 fully saturated rings. The maximum Gasteiger partial charge on any atom is 0.286 e. The Morgan fingerprint density at radius 2 is 1.48 bits per heavy atom. The molecule has 2 aromatic rings. The molecule has 29 heavy (non-hydrogen) atoms. The molecule has 1 aliphatic heterocycles. The first-order valence-corrected chi connectivity index (χ1v) is 10.8. The van der Waals surface area contributed by atoms with E-state index >= 15 is 0 Å². The lowest BCUT2D eigenvalue weighted by molar-refractivity contribution is -0.118. The Morgan fingerprint density at radius 1 is 0.931 bits per heavy atom. The van der Waals surface area contributed by atoms with E-state index in [-0.39, 0.29) is 16.4 Å². The molecule has 0 aromatic heterocycles. The fourth-order valence-electron chi connectivity index (χ4n) is 2.66. The van der Waals surface area contributed by atoms with Crippen LogP contribution in [0.25, 0.3) is 0 Å². The van der Waals surface area contributed by atoms with Crippen LogP contribution in [0.4, 0.5) is 4.79 Å². The van der Waals surface area contributed by atoms with E-state index < -0.39 is 0 Å². The zero-order chi connectivity index (χ0) is 22.0. The number of amides is 2. The van der Waals surface area contributed by atoms with Crippen molar-refractivity contribution >= 4 is 22.9 Å². The minimum atomic E-state index is -0.356. The van der Waals surface area contributed by atoms with Gasteiger partial charge in [-0.2, -0.15) is 0 Å². The molecule has 1 N–H and O–H groups in total. The van der Waals surface area contributed by atoms with Crippen molar-refractivity contribution in [2.75, 3.05) is 7.11 Å². The molecule has 1 saturated heterocycles. The Balaban J connectivity index is 0.000000989. The second kappa shape index (κ2) is 12.2. The first-order chi connectivity index (χ1) is 14.0. The van der Waals surface area contributed by atoms with E-state index in [9.17, 15) is 9.59 Å². The summed E-state index contributed by atoms with van der Waals surface area (Å²) in [4.78, 5) is 22.8. The van der Waals surface area contributed by atoms with Gasteiger partial charge in [-0.05, 0) is 61.2 Å². The van der Waals surface area contributed by atoms with E-state index in [0.717, 1.165) is 45.7 Å². The Bertz CT molecular complexity index is 818. The van der Waals surface area contributed by atoms with E-state index in [4.69, 9.17) is 9.47 Å². The molecule has 5 nitrogen and oxygen atoms in total. The third kappa shape index (κ3) is 6.82. The van der Waals surface area contributed by atoms with Crippen LogP contribution in [0.5, 0.6) is 17.2 Å². The van der Waals surface area contributed by atoms with Crippen LogP contribution in [0.1, 0.15) is 44.4 Å². The fourth-order valence-corrected chi connectivity index (χ4v) is 3.52.